The van der Waals surface area contributed by atoms with E-state index in [-0.39, 0.29) is 25.5 Å². The molecule has 1 atom stereocenters. The summed E-state index contributed by atoms with van der Waals surface area (Å²) in [7, 11) is 0. The quantitative estimate of drug-likeness (QED) is 0.271. The van der Waals surface area contributed by atoms with Crippen molar-refractivity contribution in [1.29, 1.82) is 0 Å². The number of carboxylic acids is 1. The molecule has 17 heavy (non-hydrogen) atoms. The number of guanidine groups is 1. The third-order valence-electron chi connectivity index (χ3n) is 2.18. The molecule has 0 aliphatic rings. The maximum absolute atomic E-state index is 10.9. The Kier molecular flexibility index (Phi) is 6.46. The molecule has 0 bridgehead atoms. The molecule has 0 rings (SSSR count). The molecule has 0 spiro atoms. The lowest BCUT2D eigenvalue weighted by Gasteiger charge is -2.24. The van der Waals surface area contributed by atoms with Crippen molar-refractivity contribution in [3.63, 3.8) is 0 Å². The molecule has 0 saturated heterocycles. The number of rotatable bonds is 7. The second kappa shape index (κ2) is 7.31. The van der Waals surface area contributed by atoms with Crippen LogP contribution >= 0.6 is 0 Å². The second-order valence-electron chi connectivity index (χ2n) is 3.37. The Hall–Kier alpha value is -1.99. The molecule has 98 valence electrons. The standard InChI is InChI=1S/C9H18N4O4/c1-2-13(9(16)17)6(7(14)15)4-3-5-12-8(10)11/h6H,2-5H2,1H3,(H,14,15)(H,16,17)(H4,10,11,12)/t6-/m0/s1. The zero-order valence-corrected chi connectivity index (χ0v) is 9.67. The van der Waals surface area contributed by atoms with Gasteiger partial charge in [0.2, 0.25) is 0 Å². The third kappa shape index (κ3) is 5.59. The molecule has 0 aromatic carbocycles. The number of carboxylic acid groups (broad SMARTS) is 2. The normalized spacial score (nSPS) is 11.6. The third-order valence-corrected chi connectivity index (χ3v) is 2.18. The summed E-state index contributed by atoms with van der Waals surface area (Å²) in [6.45, 7) is 1.98. The predicted octanol–water partition coefficient (Wildman–Crippen LogP) is -0.507. The smallest absolute Gasteiger partial charge is 0.408 e. The lowest BCUT2D eigenvalue weighted by Crippen LogP contribution is -2.44. The van der Waals surface area contributed by atoms with E-state index in [1.54, 1.807) is 6.92 Å². The minimum atomic E-state index is -1.25. The van der Waals surface area contributed by atoms with E-state index in [9.17, 15) is 9.59 Å². The fourth-order valence-corrected chi connectivity index (χ4v) is 1.39. The number of nitrogens with two attached hydrogens (primary N) is 2. The van der Waals surface area contributed by atoms with Gasteiger partial charge in [-0.05, 0) is 19.8 Å². The molecule has 0 aromatic rings. The maximum Gasteiger partial charge on any atom is 0.408 e. The molecule has 1 amide bonds. The lowest BCUT2D eigenvalue weighted by atomic mass is 10.1. The van der Waals surface area contributed by atoms with E-state index >= 15 is 0 Å². The SMILES string of the molecule is CCN(C(=O)O)[C@@H](CCCN=C(N)N)C(=O)O. The first-order valence-electron chi connectivity index (χ1n) is 5.17. The molecule has 0 heterocycles. The van der Waals surface area contributed by atoms with E-state index in [1.807, 2.05) is 0 Å². The van der Waals surface area contributed by atoms with Crippen LogP contribution < -0.4 is 11.5 Å². The second-order valence-corrected chi connectivity index (χ2v) is 3.37. The Labute approximate surface area is 98.9 Å². The summed E-state index contributed by atoms with van der Waals surface area (Å²) >= 11 is 0. The van der Waals surface area contributed by atoms with Gasteiger partial charge < -0.3 is 21.7 Å². The Morgan fingerprint density at radius 2 is 1.94 bits per heavy atom. The van der Waals surface area contributed by atoms with Crippen LogP contribution in [-0.4, -0.2) is 52.3 Å². The van der Waals surface area contributed by atoms with Gasteiger partial charge in [-0.3, -0.25) is 9.89 Å². The number of carbonyl (C=O) groups is 2. The molecule has 0 fully saturated rings. The minimum Gasteiger partial charge on any atom is -0.480 e. The van der Waals surface area contributed by atoms with Crippen LogP contribution in [-0.2, 0) is 4.79 Å². The summed E-state index contributed by atoms with van der Waals surface area (Å²) in [6.07, 6.45) is -0.674. The summed E-state index contributed by atoms with van der Waals surface area (Å²) in [6, 6.07) is -1.06. The molecular formula is C9H18N4O4. The average molecular weight is 246 g/mol. The van der Waals surface area contributed by atoms with Gasteiger partial charge in [0, 0.05) is 13.1 Å². The van der Waals surface area contributed by atoms with Crippen molar-refractivity contribution in [3.05, 3.63) is 0 Å². The van der Waals surface area contributed by atoms with Crippen LogP contribution in [0.5, 0.6) is 0 Å². The van der Waals surface area contributed by atoms with Crippen LogP contribution in [0.2, 0.25) is 0 Å². The Bertz CT molecular complexity index is 301. The molecule has 6 N–H and O–H groups in total. The summed E-state index contributed by atoms with van der Waals surface area (Å²) in [5, 5.41) is 17.8. The topological polar surface area (TPSA) is 142 Å². The van der Waals surface area contributed by atoms with E-state index in [1.165, 1.54) is 0 Å². The molecule has 0 aromatic heterocycles. The highest BCUT2D eigenvalue weighted by molar-refractivity contribution is 5.79. The summed E-state index contributed by atoms with van der Waals surface area (Å²) in [4.78, 5) is 26.3. The number of hydrogen-bond donors (Lipinski definition) is 4. The summed E-state index contributed by atoms with van der Waals surface area (Å²) in [5.41, 5.74) is 10.2. The van der Waals surface area contributed by atoms with Gasteiger partial charge in [-0.2, -0.15) is 0 Å². The average Bonchev–Trinajstić information content (AvgIpc) is 2.21. The number of nitrogens with zero attached hydrogens (tertiary/aromatic N) is 2. The van der Waals surface area contributed by atoms with Gasteiger partial charge in [-0.15, -0.1) is 0 Å². The first-order chi connectivity index (χ1) is 7.90. The fraction of sp³-hybridized carbons (Fsp3) is 0.667. The monoisotopic (exact) mass is 246 g/mol. The Balaban J connectivity index is 4.39. The Morgan fingerprint density at radius 3 is 2.29 bits per heavy atom. The molecule has 0 aliphatic carbocycles. The van der Waals surface area contributed by atoms with Gasteiger partial charge in [0.1, 0.15) is 6.04 Å². The molecular weight excluding hydrogens is 228 g/mol. The number of hydrogen-bond acceptors (Lipinski definition) is 3. The van der Waals surface area contributed by atoms with E-state index in [4.69, 9.17) is 21.7 Å². The van der Waals surface area contributed by atoms with E-state index in [0.717, 1.165) is 4.90 Å². The predicted molar refractivity (Wildman–Crippen MR) is 61.7 cm³/mol. The first kappa shape index (κ1) is 15.0. The van der Waals surface area contributed by atoms with Gasteiger partial charge in [0.15, 0.2) is 5.96 Å². The van der Waals surface area contributed by atoms with E-state index in [2.05, 4.69) is 4.99 Å². The van der Waals surface area contributed by atoms with Crippen molar-refractivity contribution in [2.75, 3.05) is 13.1 Å². The fourth-order valence-electron chi connectivity index (χ4n) is 1.39. The van der Waals surface area contributed by atoms with E-state index in [0.29, 0.717) is 6.42 Å². The lowest BCUT2D eigenvalue weighted by molar-refractivity contribution is -0.142. The molecule has 0 unspecified atom stereocenters. The van der Waals surface area contributed by atoms with Crippen molar-refractivity contribution in [3.8, 4) is 0 Å². The number of amides is 1. The van der Waals surface area contributed by atoms with Gasteiger partial charge in [0.25, 0.3) is 0 Å². The summed E-state index contributed by atoms with van der Waals surface area (Å²) < 4.78 is 0. The van der Waals surface area contributed by atoms with Gasteiger partial charge >= 0.3 is 12.1 Å². The Morgan fingerprint density at radius 1 is 1.35 bits per heavy atom. The highest BCUT2D eigenvalue weighted by atomic mass is 16.4. The summed E-state index contributed by atoms with van der Waals surface area (Å²) in [5.74, 6) is -1.23. The van der Waals surface area contributed by atoms with Crippen molar-refractivity contribution >= 4 is 18.0 Å². The van der Waals surface area contributed by atoms with Crippen molar-refractivity contribution < 1.29 is 19.8 Å². The van der Waals surface area contributed by atoms with Crippen LogP contribution in [0.25, 0.3) is 0 Å². The molecule has 8 heteroatoms. The minimum absolute atomic E-state index is 0.0672. The van der Waals surface area contributed by atoms with E-state index < -0.39 is 18.1 Å². The number of aliphatic imine (C=N–C) groups is 1. The van der Waals surface area contributed by atoms with Crippen molar-refractivity contribution in [1.82, 2.24) is 4.90 Å². The molecule has 0 radical (unpaired) electrons. The van der Waals surface area contributed by atoms with Crippen LogP contribution in [0.1, 0.15) is 19.8 Å². The van der Waals surface area contributed by atoms with Crippen LogP contribution in [0, 0.1) is 0 Å². The largest absolute Gasteiger partial charge is 0.480 e. The molecule has 0 saturated carbocycles. The first-order valence-corrected chi connectivity index (χ1v) is 5.17. The zero-order valence-electron chi connectivity index (χ0n) is 9.67. The molecule has 8 nitrogen and oxygen atoms in total. The van der Waals surface area contributed by atoms with Crippen molar-refractivity contribution in [2.45, 2.75) is 25.8 Å². The van der Waals surface area contributed by atoms with Crippen LogP contribution in [0.4, 0.5) is 4.79 Å². The van der Waals surface area contributed by atoms with Gasteiger partial charge in [-0.25, -0.2) is 9.59 Å². The molecule has 0 aliphatic heterocycles. The maximum atomic E-state index is 10.9. The van der Waals surface area contributed by atoms with Crippen LogP contribution in [0.15, 0.2) is 4.99 Å². The highest BCUT2D eigenvalue weighted by Gasteiger charge is 2.27. The van der Waals surface area contributed by atoms with Gasteiger partial charge in [0.05, 0.1) is 0 Å². The number of likely N-dealkylation sites (N-methyl/N-ethyl adjacent to an activating group) is 1. The van der Waals surface area contributed by atoms with Gasteiger partial charge in [-0.1, -0.05) is 0 Å². The zero-order chi connectivity index (χ0) is 13.4. The highest BCUT2D eigenvalue weighted by Crippen LogP contribution is 2.08. The number of aliphatic carboxylic acids is 1. The van der Waals surface area contributed by atoms with Crippen LogP contribution in [0.3, 0.4) is 0 Å². The van der Waals surface area contributed by atoms with Crippen molar-refractivity contribution in [2.24, 2.45) is 16.5 Å².